The zero-order valence-electron chi connectivity index (χ0n) is 8.98. The number of rotatable bonds is 4. The van der Waals surface area contributed by atoms with Crippen LogP contribution in [0.2, 0.25) is 0 Å². The summed E-state index contributed by atoms with van der Waals surface area (Å²) >= 11 is 0.0896. The minimum Gasteiger partial charge on any atom is -0.370 e. The maximum absolute atomic E-state index is 12.6. The van der Waals surface area contributed by atoms with Gasteiger partial charge in [-0.05, 0) is 30.5 Å². The van der Waals surface area contributed by atoms with E-state index in [0.29, 0.717) is 16.0 Å². The fraction of sp³-hybridized carbons (Fsp3) is 0.100. The summed E-state index contributed by atoms with van der Waals surface area (Å²) in [5.74, 6) is -0.0615. The molecule has 7 heteroatoms. The first-order valence-corrected chi connectivity index (χ1v) is 5.32. The van der Waals surface area contributed by atoms with E-state index in [9.17, 15) is 3.89 Å². The van der Waals surface area contributed by atoms with E-state index >= 15 is 0 Å². The molecular weight excluding hydrogens is 241 g/mol. The molecule has 0 unspecified atom stereocenters. The van der Waals surface area contributed by atoms with Crippen molar-refractivity contribution in [1.82, 2.24) is 0 Å². The molecule has 0 saturated carbocycles. The van der Waals surface area contributed by atoms with Crippen LogP contribution in [0.5, 0.6) is 0 Å². The van der Waals surface area contributed by atoms with E-state index in [4.69, 9.17) is 16.9 Å². The van der Waals surface area contributed by atoms with Gasteiger partial charge in [-0.1, -0.05) is 0 Å². The van der Waals surface area contributed by atoms with E-state index in [1.807, 2.05) is 0 Å². The van der Waals surface area contributed by atoms with Crippen molar-refractivity contribution >= 4 is 30.7 Å². The number of amidine groups is 1. The van der Waals surface area contributed by atoms with Gasteiger partial charge in [-0.3, -0.25) is 5.41 Å². The first kappa shape index (κ1) is 13.2. The SMILES string of the molecule is C=NC(=N)c1cc(CN=C(N)N)cc(SF)c1. The van der Waals surface area contributed by atoms with Gasteiger partial charge in [0.05, 0.1) is 18.7 Å². The average molecular weight is 253 g/mol. The third-order valence-corrected chi connectivity index (χ3v) is 2.35. The maximum Gasteiger partial charge on any atom is 0.186 e. The Balaban J connectivity index is 3.09. The fourth-order valence-electron chi connectivity index (χ4n) is 1.21. The van der Waals surface area contributed by atoms with Crippen molar-refractivity contribution in [3.05, 3.63) is 29.3 Å². The maximum atomic E-state index is 12.6. The molecule has 0 spiro atoms. The third-order valence-electron chi connectivity index (χ3n) is 1.93. The highest BCUT2D eigenvalue weighted by Gasteiger charge is 2.05. The standard InChI is InChI=1S/C10H12FN5S/c1-15-9(12)7-2-6(5-16-10(13)14)3-8(4-7)17-11/h2-4,12H,1,5H2,(H4,13,14,16). The highest BCUT2D eigenvalue weighted by molar-refractivity contribution is 7.94. The molecule has 90 valence electrons. The number of nitrogens with two attached hydrogens (primary N) is 2. The molecular formula is C10H12FN5S. The lowest BCUT2D eigenvalue weighted by molar-refractivity contribution is 0.932. The number of aliphatic imine (C=N–C) groups is 2. The molecule has 1 aromatic carbocycles. The smallest absolute Gasteiger partial charge is 0.186 e. The molecule has 0 atom stereocenters. The van der Waals surface area contributed by atoms with Crippen molar-refractivity contribution < 1.29 is 3.89 Å². The van der Waals surface area contributed by atoms with Crippen molar-refractivity contribution in [2.45, 2.75) is 11.4 Å². The quantitative estimate of drug-likeness (QED) is 0.559. The Morgan fingerprint density at radius 1 is 1.41 bits per heavy atom. The molecule has 5 nitrogen and oxygen atoms in total. The van der Waals surface area contributed by atoms with Crippen molar-refractivity contribution in [3.63, 3.8) is 0 Å². The van der Waals surface area contributed by atoms with Crippen LogP contribution in [-0.2, 0) is 6.54 Å². The lowest BCUT2D eigenvalue weighted by atomic mass is 10.1. The summed E-state index contributed by atoms with van der Waals surface area (Å²) in [6, 6.07) is 4.79. The Kier molecular flexibility index (Phi) is 4.65. The van der Waals surface area contributed by atoms with E-state index < -0.39 is 0 Å². The first-order chi connectivity index (χ1) is 8.06. The van der Waals surface area contributed by atoms with E-state index in [1.165, 1.54) is 6.07 Å². The Hall–Kier alpha value is -1.89. The van der Waals surface area contributed by atoms with E-state index in [-0.39, 0.29) is 30.5 Å². The van der Waals surface area contributed by atoms with Crippen LogP contribution in [-0.4, -0.2) is 18.5 Å². The molecule has 0 aromatic heterocycles. The summed E-state index contributed by atoms with van der Waals surface area (Å²) in [5, 5.41) is 7.52. The van der Waals surface area contributed by atoms with Crippen molar-refractivity contribution in [3.8, 4) is 0 Å². The number of nitrogens with one attached hydrogen (secondary N) is 1. The normalized spacial score (nSPS) is 9.71. The summed E-state index contributed by atoms with van der Waals surface area (Å²) in [4.78, 5) is 7.68. The highest BCUT2D eigenvalue weighted by Crippen LogP contribution is 2.23. The van der Waals surface area contributed by atoms with Crippen molar-refractivity contribution in [1.29, 1.82) is 5.41 Å². The summed E-state index contributed by atoms with van der Waals surface area (Å²) in [7, 11) is 0. The van der Waals surface area contributed by atoms with Crippen LogP contribution in [0.1, 0.15) is 11.1 Å². The van der Waals surface area contributed by atoms with Gasteiger partial charge in [0, 0.05) is 10.5 Å². The lowest BCUT2D eigenvalue weighted by Gasteiger charge is -2.04. The van der Waals surface area contributed by atoms with E-state index in [2.05, 4.69) is 16.7 Å². The third kappa shape index (κ3) is 3.87. The number of hydrogen-bond donors (Lipinski definition) is 3. The number of hydrogen-bond acceptors (Lipinski definition) is 3. The molecule has 1 aromatic rings. The highest BCUT2D eigenvalue weighted by atomic mass is 32.2. The second-order valence-corrected chi connectivity index (χ2v) is 3.82. The molecule has 0 aliphatic heterocycles. The van der Waals surface area contributed by atoms with Gasteiger partial charge in [-0.25, -0.2) is 9.98 Å². The second-order valence-electron chi connectivity index (χ2n) is 3.19. The predicted molar refractivity (Wildman–Crippen MR) is 69.3 cm³/mol. The Labute approximate surface area is 103 Å². The van der Waals surface area contributed by atoms with Crippen molar-refractivity contribution in [2.75, 3.05) is 0 Å². The van der Waals surface area contributed by atoms with Gasteiger partial charge >= 0.3 is 0 Å². The Morgan fingerprint density at radius 3 is 2.65 bits per heavy atom. The molecule has 0 aliphatic carbocycles. The summed E-state index contributed by atoms with van der Waals surface area (Å²) < 4.78 is 12.6. The monoisotopic (exact) mass is 253 g/mol. The van der Waals surface area contributed by atoms with Crippen LogP contribution in [0.25, 0.3) is 0 Å². The van der Waals surface area contributed by atoms with Crippen LogP contribution in [0.4, 0.5) is 3.89 Å². The van der Waals surface area contributed by atoms with Gasteiger partial charge in [0.25, 0.3) is 0 Å². The van der Waals surface area contributed by atoms with Gasteiger partial charge in [0.1, 0.15) is 0 Å². The molecule has 0 saturated heterocycles. The van der Waals surface area contributed by atoms with Gasteiger partial charge in [-0.2, -0.15) is 3.89 Å². The zero-order chi connectivity index (χ0) is 12.8. The molecule has 0 amide bonds. The molecule has 0 aliphatic rings. The minimum absolute atomic E-state index is 0.0214. The number of halogens is 1. The molecule has 5 N–H and O–H groups in total. The lowest BCUT2D eigenvalue weighted by Crippen LogP contribution is -2.22. The van der Waals surface area contributed by atoms with Crippen LogP contribution in [0.15, 0.2) is 33.1 Å². The molecule has 0 bridgehead atoms. The largest absolute Gasteiger partial charge is 0.370 e. The number of guanidine groups is 1. The van der Waals surface area contributed by atoms with Gasteiger partial charge in [-0.15, -0.1) is 0 Å². The van der Waals surface area contributed by atoms with Crippen LogP contribution >= 0.6 is 12.1 Å². The fourth-order valence-corrected chi connectivity index (χ4v) is 1.57. The first-order valence-electron chi connectivity index (χ1n) is 4.60. The van der Waals surface area contributed by atoms with E-state index in [0.717, 1.165) is 0 Å². The van der Waals surface area contributed by atoms with E-state index in [1.54, 1.807) is 12.1 Å². The molecule has 0 radical (unpaired) electrons. The van der Waals surface area contributed by atoms with Gasteiger partial charge in [0.2, 0.25) is 0 Å². The zero-order valence-corrected chi connectivity index (χ0v) is 9.80. The summed E-state index contributed by atoms with van der Waals surface area (Å²) in [5.41, 5.74) is 11.6. The minimum atomic E-state index is -0.0400. The number of nitrogens with zero attached hydrogens (tertiary/aromatic N) is 2. The van der Waals surface area contributed by atoms with Crippen LogP contribution in [0, 0.1) is 5.41 Å². The summed E-state index contributed by atoms with van der Waals surface area (Å²) in [6.45, 7) is 3.48. The van der Waals surface area contributed by atoms with Gasteiger partial charge < -0.3 is 11.5 Å². The van der Waals surface area contributed by atoms with Crippen LogP contribution < -0.4 is 11.5 Å². The topological polar surface area (TPSA) is 101 Å². The van der Waals surface area contributed by atoms with Gasteiger partial charge in [0.15, 0.2) is 11.8 Å². The average Bonchev–Trinajstić information content (AvgIpc) is 2.34. The Bertz CT molecular complexity index is 468. The molecule has 1 rings (SSSR count). The van der Waals surface area contributed by atoms with Crippen molar-refractivity contribution in [2.24, 2.45) is 21.5 Å². The Morgan fingerprint density at radius 2 is 2.12 bits per heavy atom. The predicted octanol–water partition coefficient (Wildman–Crippen LogP) is 1.46. The second kappa shape index (κ2) is 6.00. The molecule has 0 heterocycles. The number of benzene rings is 1. The summed E-state index contributed by atoms with van der Waals surface area (Å²) in [6.07, 6.45) is 0. The molecule has 17 heavy (non-hydrogen) atoms. The molecule has 0 fully saturated rings. The van der Waals surface area contributed by atoms with Crippen LogP contribution in [0.3, 0.4) is 0 Å².